The molecule has 0 aromatic heterocycles. The Hall–Kier alpha value is -1.63. The smallest absolute Gasteiger partial charge is 0.374 e. The fourth-order valence-corrected chi connectivity index (χ4v) is 1.97. The van der Waals surface area contributed by atoms with E-state index in [1.807, 2.05) is 13.8 Å². The van der Waals surface area contributed by atoms with Crippen LogP contribution < -0.4 is 0 Å². The van der Waals surface area contributed by atoms with Gasteiger partial charge < -0.3 is 14.6 Å². The van der Waals surface area contributed by atoms with E-state index in [-0.39, 0.29) is 18.4 Å². The molecule has 8 nitrogen and oxygen atoms in total. The molecule has 0 amide bonds. The molecule has 1 saturated heterocycles. The van der Waals surface area contributed by atoms with E-state index in [9.17, 15) is 14.7 Å². The molecule has 1 aliphatic heterocycles. The van der Waals surface area contributed by atoms with Crippen LogP contribution >= 0.6 is 0 Å². The highest BCUT2D eigenvalue weighted by Crippen LogP contribution is 2.32. The number of ketones is 1. The van der Waals surface area contributed by atoms with E-state index < -0.39 is 30.2 Å². The first-order chi connectivity index (χ1) is 8.88. The fraction of sp³-hybridized carbons (Fsp3) is 0.818. The van der Waals surface area contributed by atoms with Gasteiger partial charge in [-0.15, -0.1) is 0 Å². The van der Waals surface area contributed by atoms with Gasteiger partial charge in [-0.1, -0.05) is 19.0 Å². The summed E-state index contributed by atoms with van der Waals surface area (Å²) in [6.07, 6.45) is -1.79. The molecule has 0 saturated carbocycles. The number of hydrogen-bond donors (Lipinski definition) is 1. The van der Waals surface area contributed by atoms with Gasteiger partial charge in [0.05, 0.1) is 12.1 Å². The number of azide groups is 1. The molecule has 106 valence electrons. The van der Waals surface area contributed by atoms with Crippen LogP contribution in [0.5, 0.6) is 0 Å². The number of aliphatic hydroxyl groups is 1. The quantitative estimate of drug-likeness (QED) is 0.266. The lowest BCUT2D eigenvalue weighted by Crippen LogP contribution is -2.50. The number of rotatable bonds is 4. The van der Waals surface area contributed by atoms with Crippen molar-refractivity contribution >= 4 is 11.8 Å². The van der Waals surface area contributed by atoms with Gasteiger partial charge >= 0.3 is 5.97 Å². The lowest BCUT2D eigenvalue weighted by atomic mass is 9.82. The number of carbonyl (C=O) groups excluding carboxylic acids is 2. The molecule has 19 heavy (non-hydrogen) atoms. The van der Waals surface area contributed by atoms with Crippen LogP contribution in [-0.4, -0.2) is 41.9 Å². The second-order valence-electron chi connectivity index (χ2n) is 4.63. The van der Waals surface area contributed by atoms with Crippen LogP contribution in [0.25, 0.3) is 10.4 Å². The Morgan fingerprint density at radius 2 is 2.05 bits per heavy atom. The van der Waals surface area contributed by atoms with Gasteiger partial charge in [0.2, 0.25) is 5.78 Å². The molecule has 0 aromatic rings. The third kappa shape index (κ3) is 3.66. The molecule has 1 heterocycles. The lowest BCUT2D eigenvalue weighted by molar-refractivity contribution is -0.218. The van der Waals surface area contributed by atoms with Crippen molar-refractivity contribution in [1.82, 2.24) is 0 Å². The number of aliphatic hydroxyl groups excluding tert-OH is 1. The Bertz CT molecular complexity index is 407. The van der Waals surface area contributed by atoms with Crippen LogP contribution in [0.2, 0.25) is 0 Å². The summed E-state index contributed by atoms with van der Waals surface area (Å²) in [6.45, 7) is 4.64. The van der Waals surface area contributed by atoms with Gasteiger partial charge in [-0.25, -0.2) is 4.79 Å². The molecule has 0 aliphatic carbocycles. The maximum Gasteiger partial charge on any atom is 0.374 e. The SMILES string of the molecule is CC(=O)C(=O)OCC1OC(O)C(N=[N+]=[N-])[C@@H](C)[C@@H]1C. The minimum absolute atomic E-state index is 0.0985. The molecule has 1 N–H and O–H groups in total. The minimum Gasteiger partial charge on any atom is -0.457 e. The number of Topliss-reactive ketones (excluding diaryl/α,β-unsaturated/α-hetero) is 1. The first-order valence-corrected chi connectivity index (χ1v) is 5.94. The second kappa shape index (κ2) is 6.51. The van der Waals surface area contributed by atoms with Gasteiger partial charge in [0.15, 0.2) is 6.29 Å². The maximum atomic E-state index is 11.1. The normalized spacial score (nSPS) is 34.2. The highest BCUT2D eigenvalue weighted by atomic mass is 16.6. The first kappa shape index (κ1) is 15.4. The highest BCUT2D eigenvalue weighted by molar-refractivity contribution is 6.32. The summed E-state index contributed by atoms with van der Waals surface area (Å²) in [7, 11) is 0. The van der Waals surface area contributed by atoms with Crippen LogP contribution in [-0.2, 0) is 19.1 Å². The third-order valence-electron chi connectivity index (χ3n) is 3.41. The first-order valence-electron chi connectivity index (χ1n) is 5.94. The standard InChI is InChI=1S/C11H17N3O5/c1-5-6(2)9(13-14-12)11(17)19-8(5)4-18-10(16)7(3)15/h5-6,8-9,11,17H,4H2,1-3H3/t5-,6-,8?,9?,11?/m0/s1. The molecule has 1 fully saturated rings. The molecule has 5 atom stereocenters. The van der Waals surface area contributed by atoms with E-state index in [0.29, 0.717) is 0 Å². The monoisotopic (exact) mass is 271 g/mol. The number of hydrogen-bond acceptors (Lipinski definition) is 6. The topological polar surface area (TPSA) is 122 Å². The third-order valence-corrected chi connectivity index (χ3v) is 3.41. The van der Waals surface area contributed by atoms with E-state index in [4.69, 9.17) is 15.0 Å². The summed E-state index contributed by atoms with van der Waals surface area (Å²) in [6, 6.07) is -0.681. The molecule has 8 heteroatoms. The van der Waals surface area contributed by atoms with Crippen molar-refractivity contribution in [2.24, 2.45) is 17.0 Å². The Labute approximate surface area is 110 Å². The molecular weight excluding hydrogens is 254 g/mol. The molecular formula is C11H17N3O5. The van der Waals surface area contributed by atoms with Gasteiger partial charge in [-0.3, -0.25) is 4.79 Å². The zero-order chi connectivity index (χ0) is 14.6. The molecule has 0 radical (unpaired) electrons. The van der Waals surface area contributed by atoms with Crippen LogP contribution in [0.1, 0.15) is 20.8 Å². The van der Waals surface area contributed by atoms with Crippen molar-refractivity contribution in [1.29, 1.82) is 0 Å². The van der Waals surface area contributed by atoms with Gasteiger partial charge in [0.25, 0.3) is 0 Å². The van der Waals surface area contributed by atoms with Gasteiger partial charge in [0.1, 0.15) is 6.61 Å². The van der Waals surface area contributed by atoms with Gasteiger partial charge in [0, 0.05) is 11.8 Å². The average Bonchev–Trinajstić information content (AvgIpc) is 2.36. The molecule has 3 unspecified atom stereocenters. The van der Waals surface area contributed by atoms with Crippen molar-refractivity contribution in [3.8, 4) is 0 Å². The average molecular weight is 271 g/mol. The summed E-state index contributed by atoms with van der Waals surface area (Å²) in [4.78, 5) is 24.5. The number of carbonyl (C=O) groups is 2. The maximum absolute atomic E-state index is 11.1. The van der Waals surface area contributed by atoms with E-state index >= 15 is 0 Å². The van der Waals surface area contributed by atoms with E-state index in [1.165, 1.54) is 0 Å². The van der Waals surface area contributed by atoms with Crippen molar-refractivity contribution in [2.45, 2.75) is 39.2 Å². The minimum atomic E-state index is -1.25. The Morgan fingerprint density at radius 3 is 2.58 bits per heavy atom. The summed E-state index contributed by atoms with van der Waals surface area (Å²) in [5, 5.41) is 13.2. The van der Waals surface area contributed by atoms with Crippen LogP contribution in [0.4, 0.5) is 0 Å². The van der Waals surface area contributed by atoms with Crippen molar-refractivity contribution in [3.05, 3.63) is 10.4 Å². The summed E-state index contributed by atoms with van der Waals surface area (Å²) in [5.41, 5.74) is 8.43. The largest absolute Gasteiger partial charge is 0.457 e. The fourth-order valence-electron chi connectivity index (χ4n) is 1.97. The molecule has 0 bridgehead atoms. The Kier molecular flexibility index (Phi) is 5.29. The van der Waals surface area contributed by atoms with E-state index in [1.54, 1.807) is 0 Å². The van der Waals surface area contributed by atoms with E-state index in [2.05, 4.69) is 10.0 Å². The Morgan fingerprint density at radius 1 is 1.42 bits per heavy atom. The van der Waals surface area contributed by atoms with Crippen LogP contribution in [0.15, 0.2) is 5.11 Å². The highest BCUT2D eigenvalue weighted by Gasteiger charge is 2.40. The summed E-state index contributed by atoms with van der Waals surface area (Å²) >= 11 is 0. The van der Waals surface area contributed by atoms with Crippen molar-refractivity contribution in [2.75, 3.05) is 6.61 Å². The lowest BCUT2D eigenvalue weighted by Gasteiger charge is -2.40. The zero-order valence-corrected chi connectivity index (χ0v) is 11.0. The van der Waals surface area contributed by atoms with Crippen LogP contribution in [0, 0.1) is 11.8 Å². The van der Waals surface area contributed by atoms with Gasteiger partial charge in [-0.05, 0) is 17.4 Å². The summed E-state index contributed by atoms with van der Waals surface area (Å²) in [5.74, 6) is -1.86. The van der Waals surface area contributed by atoms with Gasteiger partial charge in [-0.2, -0.15) is 0 Å². The predicted octanol–water partition coefficient (Wildman–Crippen LogP) is 0.787. The zero-order valence-electron chi connectivity index (χ0n) is 11.0. The number of nitrogens with zero attached hydrogens (tertiary/aromatic N) is 3. The second-order valence-corrected chi connectivity index (χ2v) is 4.63. The number of esters is 1. The predicted molar refractivity (Wildman–Crippen MR) is 63.8 cm³/mol. The molecule has 1 rings (SSSR count). The van der Waals surface area contributed by atoms with Crippen molar-refractivity contribution < 1.29 is 24.2 Å². The van der Waals surface area contributed by atoms with Crippen molar-refractivity contribution in [3.63, 3.8) is 0 Å². The molecule has 0 aromatic carbocycles. The number of ether oxygens (including phenoxy) is 2. The molecule has 0 spiro atoms. The molecule has 1 aliphatic rings. The van der Waals surface area contributed by atoms with Crippen LogP contribution in [0.3, 0.4) is 0 Å². The Balaban J connectivity index is 2.65. The summed E-state index contributed by atoms with van der Waals surface area (Å²) < 4.78 is 10.0. The van der Waals surface area contributed by atoms with E-state index in [0.717, 1.165) is 6.92 Å².